The van der Waals surface area contributed by atoms with E-state index in [-0.39, 0.29) is 5.91 Å². The third kappa shape index (κ3) is 4.16. The Morgan fingerprint density at radius 3 is 2.78 bits per heavy atom. The molecule has 2 heterocycles. The molecule has 1 amide bonds. The molecule has 0 saturated heterocycles. The molecule has 0 fully saturated rings. The number of H-pyrrole nitrogens is 1. The Morgan fingerprint density at radius 2 is 2.11 bits per heavy atom. The highest BCUT2D eigenvalue weighted by Gasteiger charge is 2.17. The zero-order valence-corrected chi connectivity index (χ0v) is 16.8. The Labute approximate surface area is 163 Å². The Bertz CT molecular complexity index is 998. The van der Waals surface area contributed by atoms with E-state index in [1.807, 2.05) is 49.6 Å². The monoisotopic (exact) mass is 385 g/mol. The highest BCUT2D eigenvalue weighted by Crippen LogP contribution is 2.19. The van der Waals surface area contributed by atoms with Gasteiger partial charge in [0, 0.05) is 31.1 Å². The van der Waals surface area contributed by atoms with Gasteiger partial charge < -0.3 is 9.42 Å². The molecule has 27 heavy (non-hydrogen) atoms. The summed E-state index contributed by atoms with van der Waals surface area (Å²) in [6, 6.07) is 8.05. The summed E-state index contributed by atoms with van der Waals surface area (Å²) in [7, 11) is 1.78. The first kappa shape index (κ1) is 19.0. The summed E-state index contributed by atoms with van der Waals surface area (Å²) in [6.45, 7) is 6.70. The van der Waals surface area contributed by atoms with E-state index in [9.17, 15) is 4.79 Å². The Morgan fingerprint density at radius 1 is 1.33 bits per heavy atom. The number of nitrogens with zero attached hydrogens (tertiary/aromatic N) is 4. The Hall–Kier alpha value is -2.74. The van der Waals surface area contributed by atoms with Crippen molar-refractivity contribution in [1.82, 2.24) is 24.8 Å². The molecule has 2 aromatic heterocycles. The molecular formula is C19H23N5O2S. The van der Waals surface area contributed by atoms with Gasteiger partial charge in [-0.05, 0) is 39.1 Å². The number of aryl methyl sites for hydroxylation is 3. The zero-order chi connectivity index (χ0) is 19.6. The lowest BCUT2D eigenvalue weighted by atomic mass is 10.1. The number of carbonyl (C=O) groups excluding carboxylic acids is 1. The van der Waals surface area contributed by atoms with E-state index in [1.54, 1.807) is 11.9 Å². The maximum Gasteiger partial charge on any atom is 0.224 e. The minimum atomic E-state index is 0.0216. The minimum absolute atomic E-state index is 0.0216. The summed E-state index contributed by atoms with van der Waals surface area (Å²) in [6.07, 6.45) is 0.326. The van der Waals surface area contributed by atoms with Gasteiger partial charge in [0.1, 0.15) is 5.76 Å². The van der Waals surface area contributed by atoms with Crippen molar-refractivity contribution in [2.45, 2.75) is 40.3 Å². The molecule has 1 N–H and O–H groups in total. The van der Waals surface area contributed by atoms with Gasteiger partial charge in [-0.2, -0.15) is 5.10 Å². The van der Waals surface area contributed by atoms with Gasteiger partial charge in [-0.1, -0.05) is 28.9 Å². The third-order valence-electron chi connectivity index (χ3n) is 4.59. The lowest BCUT2D eigenvalue weighted by molar-refractivity contribution is -0.130. The van der Waals surface area contributed by atoms with Crippen molar-refractivity contribution < 1.29 is 9.32 Å². The normalized spacial score (nSPS) is 11.0. The number of aromatic amines is 1. The van der Waals surface area contributed by atoms with Crippen molar-refractivity contribution in [1.29, 1.82) is 0 Å². The average Bonchev–Trinajstić information content (AvgIpc) is 3.16. The van der Waals surface area contributed by atoms with Crippen LogP contribution in [0.25, 0.3) is 11.4 Å². The third-order valence-corrected chi connectivity index (χ3v) is 4.90. The number of carbonyl (C=O) groups is 1. The van der Waals surface area contributed by atoms with Gasteiger partial charge in [0.25, 0.3) is 0 Å². The summed E-state index contributed by atoms with van der Waals surface area (Å²) in [5.41, 5.74) is 3.87. The molecule has 0 aliphatic carbocycles. The SMILES string of the molecule is Cc1cccc(-c2n[nH]c(=S)n2CCC(=O)N(C)Cc2c(C)noc2C)c1. The van der Waals surface area contributed by atoms with Crippen molar-refractivity contribution in [3.8, 4) is 11.4 Å². The van der Waals surface area contributed by atoms with Gasteiger partial charge in [0.2, 0.25) is 5.91 Å². The van der Waals surface area contributed by atoms with Crippen LogP contribution in [-0.4, -0.2) is 37.8 Å². The van der Waals surface area contributed by atoms with Crippen molar-refractivity contribution in [3.63, 3.8) is 0 Å². The first-order valence-corrected chi connectivity index (χ1v) is 9.15. The number of hydrogen-bond acceptors (Lipinski definition) is 5. The van der Waals surface area contributed by atoms with Gasteiger partial charge in [-0.25, -0.2) is 0 Å². The molecule has 0 bridgehead atoms. The van der Waals surface area contributed by atoms with E-state index in [4.69, 9.17) is 16.7 Å². The van der Waals surface area contributed by atoms with Crippen LogP contribution in [-0.2, 0) is 17.9 Å². The van der Waals surface area contributed by atoms with Crippen molar-refractivity contribution in [3.05, 3.63) is 51.6 Å². The Kier molecular flexibility index (Phi) is 5.55. The van der Waals surface area contributed by atoms with Gasteiger partial charge in [0.05, 0.1) is 12.2 Å². The molecule has 0 spiro atoms. The van der Waals surface area contributed by atoms with Crippen LogP contribution in [0, 0.1) is 25.5 Å². The second-order valence-corrected chi connectivity index (χ2v) is 7.06. The van der Waals surface area contributed by atoms with Crippen molar-refractivity contribution in [2.24, 2.45) is 0 Å². The number of aromatic nitrogens is 4. The molecule has 8 heteroatoms. The van der Waals surface area contributed by atoms with Gasteiger partial charge >= 0.3 is 0 Å². The largest absolute Gasteiger partial charge is 0.361 e. The topological polar surface area (TPSA) is 80.0 Å². The molecule has 0 unspecified atom stereocenters. The van der Waals surface area contributed by atoms with Crippen LogP contribution in [0.2, 0.25) is 0 Å². The highest BCUT2D eigenvalue weighted by molar-refractivity contribution is 7.71. The van der Waals surface area contributed by atoms with Crippen molar-refractivity contribution >= 4 is 18.1 Å². The van der Waals surface area contributed by atoms with E-state index < -0.39 is 0 Å². The minimum Gasteiger partial charge on any atom is -0.361 e. The summed E-state index contributed by atoms with van der Waals surface area (Å²) in [5, 5.41) is 11.1. The van der Waals surface area contributed by atoms with Crippen LogP contribution in [0.3, 0.4) is 0 Å². The maximum absolute atomic E-state index is 12.6. The highest BCUT2D eigenvalue weighted by atomic mass is 32.1. The zero-order valence-electron chi connectivity index (χ0n) is 15.9. The van der Waals surface area contributed by atoms with Crippen LogP contribution in [0.4, 0.5) is 0 Å². The van der Waals surface area contributed by atoms with Crippen LogP contribution in [0.5, 0.6) is 0 Å². The first-order chi connectivity index (χ1) is 12.9. The van der Waals surface area contributed by atoms with E-state index in [0.717, 1.165) is 34.0 Å². The predicted octanol–water partition coefficient (Wildman–Crippen LogP) is 3.57. The number of amides is 1. The lowest BCUT2D eigenvalue weighted by Gasteiger charge is -2.17. The number of benzene rings is 1. The fourth-order valence-corrected chi connectivity index (χ4v) is 3.20. The van der Waals surface area contributed by atoms with Gasteiger partial charge in [-0.3, -0.25) is 14.5 Å². The number of hydrogen-bond donors (Lipinski definition) is 1. The molecular weight excluding hydrogens is 362 g/mol. The van der Waals surface area contributed by atoms with E-state index in [1.165, 1.54) is 0 Å². The molecule has 1 aromatic carbocycles. The predicted molar refractivity (Wildman–Crippen MR) is 105 cm³/mol. The number of nitrogens with one attached hydrogen (secondary N) is 1. The van der Waals surface area contributed by atoms with Crippen LogP contribution in [0.1, 0.15) is 29.0 Å². The fraction of sp³-hybridized carbons (Fsp3) is 0.368. The molecule has 3 aromatic rings. The summed E-state index contributed by atoms with van der Waals surface area (Å²) in [4.78, 5) is 14.3. The molecule has 3 rings (SSSR count). The quantitative estimate of drug-likeness (QED) is 0.656. The van der Waals surface area contributed by atoms with Crippen LogP contribution < -0.4 is 0 Å². The standard InChI is InChI=1S/C19H23N5O2S/c1-12-6-5-7-15(10-12)18-20-21-19(27)24(18)9-8-17(25)23(4)11-16-13(2)22-26-14(16)3/h5-7,10H,8-9,11H2,1-4H3,(H,21,27). The lowest BCUT2D eigenvalue weighted by Crippen LogP contribution is -2.27. The molecule has 0 saturated carbocycles. The maximum atomic E-state index is 12.6. The summed E-state index contributed by atoms with van der Waals surface area (Å²) < 4.78 is 7.54. The summed E-state index contributed by atoms with van der Waals surface area (Å²) >= 11 is 5.35. The molecule has 0 aliphatic rings. The molecule has 0 radical (unpaired) electrons. The smallest absolute Gasteiger partial charge is 0.224 e. The molecule has 142 valence electrons. The van der Waals surface area contributed by atoms with E-state index in [0.29, 0.717) is 24.3 Å². The Balaban J connectivity index is 1.71. The van der Waals surface area contributed by atoms with Crippen molar-refractivity contribution in [2.75, 3.05) is 7.05 Å². The molecule has 7 nitrogen and oxygen atoms in total. The fourth-order valence-electron chi connectivity index (χ4n) is 2.98. The first-order valence-electron chi connectivity index (χ1n) is 8.74. The van der Waals surface area contributed by atoms with E-state index >= 15 is 0 Å². The van der Waals surface area contributed by atoms with Crippen LogP contribution >= 0.6 is 12.2 Å². The van der Waals surface area contributed by atoms with Gasteiger partial charge in [-0.15, -0.1) is 0 Å². The number of rotatable bonds is 6. The summed E-state index contributed by atoms with van der Waals surface area (Å²) in [5.74, 6) is 1.50. The second-order valence-electron chi connectivity index (χ2n) is 6.68. The van der Waals surface area contributed by atoms with Gasteiger partial charge in [0.15, 0.2) is 10.6 Å². The molecule has 0 aliphatic heterocycles. The second kappa shape index (κ2) is 7.87. The average molecular weight is 385 g/mol. The molecule has 0 atom stereocenters. The van der Waals surface area contributed by atoms with Crippen LogP contribution in [0.15, 0.2) is 28.8 Å². The van der Waals surface area contributed by atoms with E-state index in [2.05, 4.69) is 15.4 Å².